The van der Waals surface area contributed by atoms with Crippen molar-refractivity contribution >= 4 is 27.5 Å². The molecule has 2 rings (SSSR count). The molecule has 0 saturated carbocycles. The van der Waals surface area contributed by atoms with Gasteiger partial charge in [-0.15, -0.1) is 0 Å². The van der Waals surface area contributed by atoms with E-state index in [1.807, 2.05) is 31.2 Å². The zero-order chi connectivity index (χ0) is 13.0. The molecule has 1 atom stereocenters. The SMILES string of the molecule is CC(NCc1ccc(Br)cn1)c1ncccc1Cl. The lowest BCUT2D eigenvalue weighted by Gasteiger charge is -2.14. The van der Waals surface area contributed by atoms with Gasteiger partial charge in [-0.25, -0.2) is 0 Å². The van der Waals surface area contributed by atoms with Crippen molar-refractivity contribution in [3.05, 3.63) is 57.5 Å². The molecule has 0 aromatic carbocycles. The summed E-state index contributed by atoms with van der Waals surface area (Å²) in [5, 5.41) is 4.03. The molecule has 0 aliphatic rings. The molecule has 0 radical (unpaired) electrons. The van der Waals surface area contributed by atoms with Crippen LogP contribution in [0.4, 0.5) is 0 Å². The van der Waals surface area contributed by atoms with E-state index < -0.39 is 0 Å². The van der Waals surface area contributed by atoms with Gasteiger partial charge in [-0.2, -0.15) is 0 Å². The molecule has 2 aromatic rings. The van der Waals surface area contributed by atoms with E-state index in [1.165, 1.54) is 0 Å². The van der Waals surface area contributed by atoms with Crippen LogP contribution in [0.15, 0.2) is 41.1 Å². The Kier molecular flexibility index (Phi) is 4.69. The van der Waals surface area contributed by atoms with Gasteiger partial charge in [0.2, 0.25) is 0 Å². The Morgan fingerprint density at radius 3 is 2.83 bits per heavy atom. The summed E-state index contributed by atoms with van der Waals surface area (Å²) < 4.78 is 0.979. The fourth-order valence-corrected chi connectivity index (χ4v) is 2.10. The van der Waals surface area contributed by atoms with Crippen LogP contribution < -0.4 is 5.32 Å². The summed E-state index contributed by atoms with van der Waals surface area (Å²) in [6, 6.07) is 7.71. The normalized spacial score (nSPS) is 12.4. The van der Waals surface area contributed by atoms with Crippen molar-refractivity contribution in [2.75, 3.05) is 0 Å². The molecular weight excluding hydrogens is 314 g/mol. The Morgan fingerprint density at radius 2 is 2.17 bits per heavy atom. The largest absolute Gasteiger partial charge is 0.303 e. The van der Waals surface area contributed by atoms with E-state index in [4.69, 9.17) is 11.6 Å². The first-order valence-corrected chi connectivity index (χ1v) is 6.78. The number of nitrogens with zero attached hydrogens (tertiary/aromatic N) is 2. The zero-order valence-corrected chi connectivity index (χ0v) is 12.2. The van der Waals surface area contributed by atoms with E-state index in [1.54, 1.807) is 12.4 Å². The van der Waals surface area contributed by atoms with Gasteiger partial charge in [0.05, 0.1) is 16.4 Å². The van der Waals surface area contributed by atoms with Gasteiger partial charge in [-0.1, -0.05) is 11.6 Å². The highest BCUT2D eigenvalue weighted by molar-refractivity contribution is 9.10. The topological polar surface area (TPSA) is 37.8 Å². The van der Waals surface area contributed by atoms with E-state index in [0.29, 0.717) is 11.6 Å². The van der Waals surface area contributed by atoms with Crippen molar-refractivity contribution in [3.8, 4) is 0 Å². The minimum Gasteiger partial charge on any atom is -0.303 e. The van der Waals surface area contributed by atoms with Crippen molar-refractivity contribution in [1.82, 2.24) is 15.3 Å². The van der Waals surface area contributed by atoms with Gasteiger partial charge in [0, 0.05) is 29.5 Å². The highest BCUT2D eigenvalue weighted by atomic mass is 79.9. The maximum atomic E-state index is 6.10. The molecule has 0 saturated heterocycles. The first-order chi connectivity index (χ1) is 8.66. The molecule has 18 heavy (non-hydrogen) atoms. The van der Waals surface area contributed by atoms with Gasteiger partial charge >= 0.3 is 0 Å². The van der Waals surface area contributed by atoms with Gasteiger partial charge in [-0.05, 0) is 47.1 Å². The van der Waals surface area contributed by atoms with Crippen LogP contribution in [0.25, 0.3) is 0 Å². The summed E-state index contributed by atoms with van der Waals surface area (Å²) in [5.74, 6) is 0. The molecule has 0 aliphatic carbocycles. The standard InChI is InChI=1S/C13H13BrClN3/c1-9(13-12(15)3-2-6-16-13)17-8-11-5-4-10(14)7-18-11/h2-7,9,17H,8H2,1H3. The summed E-state index contributed by atoms with van der Waals surface area (Å²) >= 11 is 9.46. The number of pyridine rings is 2. The fraction of sp³-hybridized carbons (Fsp3) is 0.231. The zero-order valence-electron chi connectivity index (χ0n) is 9.90. The lowest BCUT2D eigenvalue weighted by molar-refractivity contribution is 0.555. The van der Waals surface area contributed by atoms with Crippen LogP contribution in [-0.4, -0.2) is 9.97 Å². The molecule has 0 amide bonds. The monoisotopic (exact) mass is 325 g/mol. The molecule has 3 nitrogen and oxygen atoms in total. The summed E-state index contributed by atoms with van der Waals surface area (Å²) in [6.45, 7) is 2.72. The fourth-order valence-electron chi connectivity index (χ4n) is 1.58. The molecule has 1 unspecified atom stereocenters. The Bertz CT molecular complexity index is 516. The maximum absolute atomic E-state index is 6.10. The Morgan fingerprint density at radius 1 is 1.33 bits per heavy atom. The second-order valence-corrected chi connectivity index (χ2v) is 5.26. The van der Waals surface area contributed by atoms with Crippen LogP contribution in [-0.2, 0) is 6.54 Å². The van der Waals surface area contributed by atoms with Crippen LogP contribution in [0.2, 0.25) is 5.02 Å². The highest BCUT2D eigenvalue weighted by Crippen LogP contribution is 2.19. The average Bonchev–Trinajstić information content (AvgIpc) is 2.38. The second kappa shape index (κ2) is 6.27. The Labute approximate surface area is 120 Å². The van der Waals surface area contributed by atoms with Crippen LogP contribution in [0.5, 0.6) is 0 Å². The summed E-state index contributed by atoms with van der Waals surface area (Å²) in [5.41, 5.74) is 1.84. The predicted octanol–water partition coefficient (Wildman–Crippen LogP) is 3.74. The van der Waals surface area contributed by atoms with Crippen LogP contribution in [0.1, 0.15) is 24.4 Å². The smallest absolute Gasteiger partial charge is 0.0756 e. The molecule has 94 valence electrons. The van der Waals surface area contributed by atoms with E-state index in [9.17, 15) is 0 Å². The number of hydrogen-bond acceptors (Lipinski definition) is 3. The van der Waals surface area contributed by atoms with E-state index in [2.05, 4.69) is 31.2 Å². The summed E-state index contributed by atoms with van der Waals surface area (Å²) in [6.07, 6.45) is 3.53. The van der Waals surface area contributed by atoms with Gasteiger partial charge in [0.15, 0.2) is 0 Å². The molecule has 2 heterocycles. The Hall–Kier alpha value is -0.970. The molecule has 0 bridgehead atoms. The van der Waals surface area contributed by atoms with Crippen molar-refractivity contribution in [2.45, 2.75) is 19.5 Å². The van der Waals surface area contributed by atoms with Crippen molar-refractivity contribution in [2.24, 2.45) is 0 Å². The van der Waals surface area contributed by atoms with Gasteiger partial charge in [0.1, 0.15) is 0 Å². The van der Waals surface area contributed by atoms with E-state index in [0.717, 1.165) is 15.9 Å². The number of halogens is 2. The molecule has 5 heteroatoms. The first kappa shape index (κ1) is 13.5. The van der Waals surface area contributed by atoms with E-state index in [-0.39, 0.29) is 6.04 Å². The van der Waals surface area contributed by atoms with Crippen LogP contribution >= 0.6 is 27.5 Å². The number of hydrogen-bond donors (Lipinski definition) is 1. The highest BCUT2D eigenvalue weighted by Gasteiger charge is 2.10. The maximum Gasteiger partial charge on any atom is 0.0756 e. The third-order valence-electron chi connectivity index (χ3n) is 2.58. The number of nitrogens with one attached hydrogen (secondary N) is 1. The lowest BCUT2D eigenvalue weighted by Crippen LogP contribution is -2.20. The van der Waals surface area contributed by atoms with Gasteiger partial charge in [-0.3, -0.25) is 9.97 Å². The van der Waals surface area contributed by atoms with Gasteiger partial charge in [0.25, 0.3) is 0 Å². The number of aromatic nitrogens is 2. The minimum atomic E-state index is 0.0872. The molecule has 0 aliphatic heterocycles. The van der Waals surface area contributed by atoms with Crippen molar-refractivity contribution < 1.29 is 0 Å². The first-order valence-electron chi connectivity index (χ1n) is 5.61. The number of rotatable bonds is 4. The molecule has 0 fully saturated rings. The second-order valence-electron chi connectivity index (χ2n) is 3.94. The summed E-state index contributed by atoms with van der Waals surface area (Å²) in [4.78, 5) is 8.59. The lowest BCUT2D eigenvalue weighted by atomic mass is 10.2. The van der Waals surface area contributed by atoms with Crippen molar-refractivity contribution in [3.63, 3.8) is 0 Å². The van der Waals surface area contributed by atoms with E-state index >= 15 is 0 Å². The third kappa shape index (κ3) is 3.51. The van der Waals surface area contributed by atoms with Crippen molar-refractivity contribution in [1.29, 1.82) is 0 Å². The third-order valence-corrected chi connectivity index (χ3v) is 3.36. The average molecular weight is 327 g/mol. The quantitative estimate of drug-likeness (QED) is 0.930. The predicted molar refractivity (Wildman–Crippen MR) is 76.4 cm³/mol. The minimum absolute atomic E-state index is 0.0872. The molecule has 1 N–H and O–H groups in total. The molecular formula is C13H13BrClN3. The van der Waals surface area contributed by atoms with Gasteiger partial charge < -0.3 is 5.32 Å². The van der Waals surface area contributed by atoms with Crippen LogP contribution in [0.3, 0.4) is 0 Å². The Balaban J connectivity index is 1.98. The molecule has 0 spiro atoms. The summed E-state index contributed by atoms with van der Waals surface area (Å²) in [7, 11) is 0. The van der Waals surface area contributed by atoms with Crippen LogP contribution in [0, 0.1) is 0 Å². The molecule has 2 aromatic heterocycles.